The van der Waals surface area contributed by atoms with Crippen molar-refractivity contribution in [2.75, 3.05) is 26.2 Å². The number of hydrogen-bond acceptors (Lipinski definition) is 2. The van der Waals surface area contributed by atoms with Gasteiger partial charge in [0.15, 0.2) is 0 Å². The summed E-state index contributed by atoms with van der Waals surface area (Å²) in [6, 6.07) is 0. The Labute approximate surface area is 93.7 Å². The molecule has 0 aromatic heterocycles. The van der Waals surface area contributed by atoms with E-state index in [-0.39, 0.29) is 0 Å². The number of aliphatic hydroxyl groups excluding tert-OH is 1. The van der Waals surface area contributed by atoms with Gasteiger partial charge < -0.3 is 5.11 Å². The van der Waals surface area contributed by atoms with Gasteiger partial charge in [0.25, 0.3) is 0 Å². The van der Waals surface area contributed by atoms with E-state index in [1.807, 2.05) is 0 Å². The lowest BCUT2D eigenvalue weighted by molar-refractivity contribution is 0.175. The monoisotopic (exact) mass is 209 g/mol. The number of rotatable bonds is 4. The lowest BCUT2D eigenvalue weighted by Crippen LogP contribution is -2.35. The average Bonchev–Trinajstić information content (AvgIpc) is 2.27. The molecule has 2 nitrogen and oxygen atoms in total. The zero-order chi connectivity index (χ0) is 10.9. The van der Waals surface area contributed by atoms with Gasteiger partial charge in [-0.1, -0.05) is 12.8 Å². The molecule has 0 radical (unpaired) electrons. The minimum atomic E-state index is 0.339. The molecule has 15 heavy (non-hydrogen) atoms. The molecule has 1 fully saturated rings. The molecule has 0 amide bonds. The molecule has 86 valence electrons. The van der Waals surface area contributed by atoms with E-state index in [9.17, 15) is 0 Å². The van der Waals surface area contributed by atoms with Crippen molar-refractivity contribution < 1.29 is 5.11 Å². The molecule has 0 aliphatic carbocycles. The first kappa shape index (κ1) is 12.5. The third kappa shape index (κ3) is 5.20. The van der Waals surface area contributed by atoms with Crippen molar-refractivity contribution in [3.8, 4) is 11.8 Å². The van der Waals surface area contributed by atoms with Crippen LogP contribution in [0.4, 0.5) is 0 Å². The first-order chi connectivity index (χ1) is 7.36. The molecular formula is C13H23NO. The van der Waals surface area contributed by atoms with Crippen LogP contribution in [0.2, 0.25) is 0 Å². The molecule has 1 rings (SSSR count). The molecule has 0 saturated carbocycles. The molecule has 2 heteroatoms. The number of nitrogens with zero attached hydrogens (tertiary/aromatic N) is 1. The average molecular weight is 209 g/mol. The van der Waals surface area contributed by atoms with Gasteiger partial charge >= 0.3 is 0 Å². The molecule has 0 aromatic carbocycles. The second-order valence-corrected chi connectivity index (χ2v) is 4.32. The summed E-state index contributed by atoms with van der Waals surface area (Å²) >= 11 is 0. The standard InChI is InChI=1S/C13H23NO/c1-2-3-4-9-14-10-5-7-13(12-14)8-6-11-15/h13,15H,2,5-12H2,1H3. The van der Waals surface area contributed by atoms with Crippen LogP contribution in [0.15, 0.2) is 0 Å². The summed E-state index contributed by atoms with van der Waals surface area (Å²) in [7, 11) is 0. The molecule has 1 saturated heterocycles. The molecule has 1 unspecified atom stereocenters. The minimum Gasteiger partial charge on any atom is -0.396 e. The van der Waals surface area contributed by atoms with Crippen LogP contribution in [0, 0.1) is 17.8 Å². The van der Waals surface area contributed by atoms with E-state index < -0.39 is 0 Å². The second-order valence-electron chi connectivity index (χ2n) is 4.32. The van der Waals surface area contributed by atoms with Crippen molar-refractivity contribution >= 4 is 0 Å². The first-order valence-electron chi connectivity index (χ1n) is 6.15. The highest BCUT2D eigenvalue weighted by Gasteiger charge is 2.18. The third-order valence-corrected chi connectivity index (χ3v) is 2.98. The normalized spacial score (nSPS) is 22.1. The quantitative estimate of drug-likeness (QED) is 0.715. The topological polar surface area (TPSA) is 23.5 Å². The van der Waals surface area contributed by atoms with Crippen LogP contribution in [0.25, 0.3) is 0 Å². The number of aliphatic hydroxyl groups is 1. The molecule has 1 atom stereocenters. The highest BCUT2D eigenvalue weighted by molar-refractivity contribution is 5.00. The lowest BCUT2D eigenvalue weighted by atomic mass is 9.93. The molecule has 0 spiro atoms. The van der Waals surface area contributed by atoms with E-state index in [0.717, 1.165) is 25.3 Å². The Hall–Kier alpha value is -0.520. The highest BCUT2D eigenvalue weighted by atomic mass is 16.2. The van der Waals surface area contributed by atoms with Crippen molar-refractivity contribution in [3.05, 3.63) is 0 Å². The lowest BCUT2D eigenvalue weighted by Gasteiger charge is -2.31. The highest BCUT2D eigenvalue weighted by Crippen LogP contribution is 2.20. The fraction of sp³-hybridized carbons (Fsp3) is 0.846. The minimum absolute atomic E-state index is 0.339. The van der Waals surface area contributed by atoms with Crippen LogP contribution < -0.4 is 0 Å². The van der Waals surface area contributed by atoms with Gasteiger partial charge in [-0.05, 0) is 38.1 Å². The van der Waals surface area contributed by atoms with Crippen LogP contribution in [0.3, 0.4) is 0 Å². The smallest absolute Gasteiger partial charge is 0.0601 e. The van der Waals surface area contributed by atoms with Crippen molar-refractivity contribution in [2.45, 2.75) is 39.0 Å². The molecule has 0 aromatic rings. The van der Waals surface area contributed by atoms with Gasteiger partial charge in [-0.2, -0.15) is 0 Å². The Kier molecular flexibility index (Phi) is 6.47. The SMILES string of the molecule is CCC#CCN1CCCC(CCCO)C1. The van der Waals surface area contributed by atoms with E-state index in [0.29, 0.717) is 6.61 Å². The molecule has 1 heterocycles. The van der Waals surface area contributed by atoms with Crippen LogP contribution in [-0.2, 0) is 0 Å². The summed E-state index contributed by atoms with van der Waals surface area (Å²) in [4.78, 5) is 2.45. The number of piperidine rings is 1. The molecular weight excluding hydrogens is 186 g/mol. The largest absolute Gasteiger partial charge is 0.396 e. The van der Waals surface area contributed by atoms with Gasteiger partial charge in [-0.15, -0.1) is 5.92 Å². The van der Waals surface area contributed by atoms with Gasteiger partial charge in [0.05, 0.1) is 6.54 Å². The summed E-state index contributed by atoms with van der Waals surface area (Å²) in [5, 5.41) is 8.80. The van der Waals surface area contributed by atoms with Crippen LogP contribution in [-0.4, -0.2) is 36.2 Å². The summed E-state index contributed by atoms with van der Waals surface area (Å²) in [6.07, 6.45) is 5.72. The van der Waals surface area contributed by atoms with Gasteiger partial charge in [-0.3, -0.25) is 4.90 Å². The van der Waals surface area contributed by atoms with E-state index in [1.165, 1.54) is 32.4 Å². The maximum absolute atomic E-state index is 8.80. The summed E-state index contributed by atoms with van der Waals surface area (Å²) in [6.45, 7) is 5.75. The van der Waals surface area contributed by atoms with Gasteiger partial charge in [-0.25, -0.2) is 0 Å². The molecule has 1 N–H and O–H groups in total. The predicted octanol–water partition coefficient (Wildman–Crippen LogP) is 1.88. The Morgan fingerprint density at radius 3 is 3.00 bits per heavy atom. The third-order valence-electron chi connectivity index (χ3n) is 2.98. The molecule has 1 aliphatic rings. The maximum Gasteiger partial charge on any atom is 0.0601 e. The van der Waals surface area contributed by atoms with Crippen molar-refractivity contribution in [3.63, 3.8) is 0 Å². The van der Waals surface area contributed by atoms with Gasteiger partial charge in [0.2, 0.25) is 0 Å². The Bertz CT molecular complexity index is 216. The van der Waals surface area contributed by atoms with E-state index in [4.69, 9.17) is 5.11 Å². The zero-order valence-electron chi connectivity index (χ0n) is 9.84. The Balaban J connectivity index is 2.22. The molecule has 0 bridgehead atoms. The van der Waals surface area contributed by atoms with Gasteiger partial charge in [0, 0.05) is 19.6 Å². The van der Waals surface area contributed by atoms with E-state index in [2.05, 4.69) is 23.7 Å². The van der Waals surface area contributed by atoms with Crippen molar-refractivity contribution in [1.82, 2.24) is 4.90 Å². The number of likely N-dealkylation sites (tertiary alicyclic amines) is 1. The van der Waals surface area contributed by atoms with E-state index in [1.54, 1.807) is 0 Å². The predicted molar refractivity (Wildman–Crippen MR) is 63.6 cm³/mol. The first-order valence-corrected chi connectivity index (χ1v) is 6.15. The van der Waals surface area contributed by atoms with Crippen LogP contribution in [0.1, 0.15) is 39.0 Å². The second kappa shape index (κ2) is 7.73. The fourth-order valence-electron chi connectivity index (χ4n) is 2.20. The maximum atomic E-state index is 8.80. The summed E-state index contributed by atoms with van der Waals surface area (Å²) in [5.41, 5.74) is 0. The van der Waals surface area contributed by atoms with Gasteiger partial charge in [0.1, 0.15) is 0 Å². The van der Waals surface area contributed by atoms with Crippen molar-refractivity contribution in [1.29, 1.82) is 0 Å². The molecule has 1 aliphatic heterocycles. The fourth-order valence-corrected chi connectivity index (χ4v) is 2.20. The Morgan fingerprint density at radius 1 is 1.40 bits per heavy atom. The van der Waals surface area contributed by atoms with E-state index >= 15 is 0 Å². The summed E-state index contributed by atoms with van der Waals surface area (Å²) < 4.78 is 0. The number of hydrogen-bond donors (Lipinski definition) is 1. The van der Waals surface area contributed by atoms with Crippen molar-refractivity contribution in [2.24, 2.45) is 5.92 Å². The Morgan fingerprint density at radius 2 is 2.27 bits per heavy atom. The van der Waals surface area contributed by atoms with Crippen LogP contribution in [0.5, 0.6) is 0 Å². The zero-order valence-corrected chi connectivity index (χ0v) is 9.84. The van der Waals surface area contributed by atoms with Crippen LogP contribution >= 0.6 is 0 Å². The summed E-state index contributed by atoms with van der Waals surface area (Å²) in [5.74, 6) is 7.12.